The highest BCUT2D eigenvalue weighted by Gasteiger charge is 2.19. The van der Waals surface area contributed by atoms with Gasteiger partial charge in [-0.1, -0.05) is 48.0 Å². The third-order valence-electron chi connectivity index (χ3n) is 3.01. The van der Waals surface area contributed by atoms with Crippen molar-refractivity contribution < 1.29 is 0 Å². The molecular weight excluding hydrogens is 236 g/mol. The van der Waals surface area contributed by atoms with Crippen molar-refractivity contribution in [2.45, 2.75) is 13.5 Å². The van der Waals surface area contributed by atoms with Gasteiger partial charge in [-0.15, -0.1) is 10.2 Å². The number of nitrogens with zero attached hydrogens (tertiary/aromatic N) is 3. The second-order valence-corrected chi connectivity index (χ2v) is 4.50. The van der Waals surface area contributed by atoms with E-state index in [2.05, 4.69) is 60.3 Å². The van der Waals surface area contributed by atoms with E-state index in [1.807, 2.05) is 28.3 Å². The van der Waals surface area contributed by atoms with E-state index in [9.17, 15) is 0 Å². The van der Waals surface area contributed by atoms with Crippen molar-refractivity contribution in [1.82, 2.24) is 10.7 Å². The van der Waals surface area contributed by atoms with Crippen LogP contribution in [0.25, 0.3) is 0 Å². The van der Waals surface area contributed by atoms with Gasteiger partial charge in [0.25, 0.3) is 0 Å². The van der Waals surface area contributed by atoms with Gasteiger partial charge in [-0.05, 0) is 24.6 Å². The molecule has 0 fully saturated rings. The molecule has 1 aliphatic rings. The standard InChI is InChI=1S/C15H15N4/c1-13-7-9-15(10-8-13)18-12-16-17-19(18)11-14-5-3-2-4-6-14/h2-10,17H,11H2,1H3. The zero-order valence-electron chi connectivity index (χ0n) is 10.7. The highest BCUT2D eigenvalue weighted by atomic mass is 15.9. The van der Waals surface area contributed by atoms with Crippen molar-refractivity contribution in [3.05, 3.63) is 65.7 Å². The van der Waals surface area contributed by atoms with E-state index >= 15 is 0 Å². The van der Waals surface area contributed by atoms with Gasteiger partial charge in [-0.3, -0.25) is 0 Å². The normalized spacial score (nSPS) is 14.7. The minimum Gasteiger partial charge on any atom is -0.233 e. The van der Waals surface area contributed by atoms with Crippen molar-refractivity contribution in [3.63, 3.8) is 0 Å². The largest absolute Gasteiger partial charge is 0.233 e. The lowest BCUT2D eigenvalue weighted by atomic mass is 10.2. The summed E-state index contributed by atoms with van der Waals surface area (Å²) in [5, 5.41) is 7.79. The van der Waals surface area contributed by atoms with E-state index in [1.165, 1.54) is 11.1 Å². The molecule has 1 aliphatic heterocycles. The Hall–Kier alpha value is -2.33. The fraction of sp³-hybridized carbons (Fsp3) is 0.133. The first-order valence-electron chi connectivity index (χ1n) is 6.22. The summed E-state index contributed by atoms with van der Waals surface area (Å²) in [7, 11) is 0. The SMILES string of the molecule is Cc1ccc(N2[C]=NNN2Cc2ccccc2)cc1. The predicted octanol–water partition coefficient (Wildman–Crippen LogP) is 2.56. The second kappa shape index (κ2) is 5.12. The molecule has 0 saturated carbocycles. The summed E-state index contributed by atoms with van der Waals surface area (Å²) in [5.74, 6) is 0. The minimum atomic E-state index is 0.727. The van der Waals surface area contributed by atoms with Crippen molar-refractivity contribution in [2.24, 2.45) is 5.10 Å². The monoisotopic (exact) mass is 251 g/mol. The van der Waals surface area contributed by atoms with Crippen molar-refractivity contribution in [2.75, 3.05) is 5.01 Å². The van der Waals surface area contributed by atoms with E-state index in [0.717, 1.165) is 12.2 Å². The summed E-state index contributed by atoms with van der Waals surface area (Å²) in [4.78, 5) is 0. The quantitative estimate of drug-likeness (QED) is 0.909. The Morgan fingerprint density at radius 3 is 2.53 bits per heavy atom. The van der Waals surface area contributed by atoms with Crippen LogP contribution >= 0.6 is 0 Å². The Balaban J connectivity index is 1.77. The third kappa shape index (κ3) is 2.58. The van der Waals surface area contributed by atoms with Crippen LogP contribution in [0, 0.1) is 6.92 Å². The number of nitrogens with one attached hydrogen (secondary N) is 1. The highest BCUT2D eigenvalue weighted by Crippen LogP contribution is 2.18. The lowest BCUT2D eigenvalue weighted by molar-refractivity contribution is 0.213. The van der Waals surface area contributed by atoms with Gasteiger partial charge in [0.15, 0.2) is 0 Å². The first-order chi connectivity index (χ1) is 9.33. The molecule has 0 spiro atoms. The van der Waals surface area contributed by atoms with E-state index in [-0.39, 0.29) is 0 Å². The van der Waals surface area contributed by atoms with Crippen molar-refractivity contribution in [1.29, 1.82) is 0 Å². The lowest BCUT2D eigenvalue weighted by Crippen LogP contribution is -2.42. The van der Waals surface area contributed by atoms with Gasteiger partial charge in [-0.2, -0.15) is 0 Å². The van der Waals surface area contributed by atoms with Gasteiger partial charge in [0.2, 0.25) is 6.34 Å². The molecule has 1 N–H and O–H groups in total. The molecule has 2 aromatic carbocycles. The molecule has 0 amide bonds. The summed E-state index contributed by atoms with van der Waals surface area (Å²) in [5.41, 5.74) is 6.43. The Bertz CT molecular complexity index is 562. The van der Waals surface area contributed by atoms with Crippen LogP contribution in [0.5, 0.6) is 0 Å². The molecule has 0 atom stereocenters. The molecule has 4 heteroatoms. The van der Waals surface area contributed by atoms with E-state index in [1.54, 1.807) is 0 Å². The number of anilines is 1. The van der Waals surface area contributed by atoms with Crippen molar-refractivity contribution in [3.8, 4) is 0 Å². The summed E-state index contributed by atoms with van der Waals surface area (Å²) in [6, 6.07) is 18.5. The average Bonchev–Trinajstić information content (AvgIpc) is 2.89. The maximum atomic E-state index is 3.99. The summed E-state index contributed by atoms with van der Waals surface area (Å²) >= 11 is 0. The Kier molecular flexibility index (Phi) is 3.16. The number of hydrazine groups is 2. The maximum absolute atomic E-state index is 3.99. The Morgan fingerprint density at radius 2 is 1.79 bits per heavy atom. The number of hydrogen-bond acceptors (Lipinski definition) is 4. The maximum Gasteiger partial charge on any atom is 0.217 e. The molecule has 95 valence electrons. The fourth-order valence-corrected chi connectivity index (χ4v) is 1.97. The van der Waals surface area contributed by atoms with Crippen LogP contribution in [-0.4, -0.2) is 11.5 Å². The van der Waals surface area contributed by atoms with Crippen LogP contribution in [0.1, 0.15) is 11.1 Å². The number of aryl methyl sites for hydroxylation is 1. The first-order valence-corrected chi connectivity index (χ1v) is 6.22. The van der Waals surface area contributed by atoms with Gasteiger partial charge >= 0.3 is 0 Å². The molecule has 1 radical (unpaired) electrons. The van der Waals surface area contributed by atoms with Gasteiger partial charge < -0.3 is 0 Å². The van der Waals surface area contributed by atoms with Crippen LogP contribution in [-0.2, 0) is 6.54 Å². The first kappa shape index (κ1) is 11.7. The average molecular weight is 251 g/mol. The van der Waals surface area contributed by atoms with E-state index in [4.69, 9.17) is 0 Å². The number of hydrazone groups is 1. The number of hydrogen-bond donors (Lipinski definition) is 1. The summed E-state index contributed by atoms with van der Waals surface area (Å²) in [6.07, 6.45) is 2.94. The molecule has 19 heavy (non-hydrogen) atoms. The predicted molar refractivity (Wildman–Crippen MR) is 76.2 cm³/mol. The van der Waals surface area contributed by atoms with Crippen LogP contribution in [0.3, 0.4) is 0 Å². The van der Waals surface area contributed by atoms with Crippen LogP contribution in [0.15, 0.2) is 59.7 Å². The highest BCUT2D eigenvalue weighted by molar-refractivity contribution is 5.78. The molecular formula is C15H15N4. The zero-order valence-corrected chi connectivity index (χ0v) is 10.7. The van der Waals surface area contributed by atoms with Gasteiger partial charge in [-0.25, -0.2) is 10.5 Å². The number of benzene rings is 2. The summed E-state index contributed by atoms with van der Waals surface area (Å²) < 4.78 is 0. The molecule has 1 heterocycles. The van der Waals surface area contributed by atoms with Gasteiger partial charge in [0.05, 0.1) is 12.2 Å². The number of rotatable bonds is 3. The van der Waals surface area contributed by atoms with Crippen LogP contribution < -0.4 is 10.5 Å². The van der Waals surface area contributed by atoms with E-state index in [0.29, 0.717) is 0 Å². The Labute approximate surface area is 112 Å². The van der Waals surface area contributed by atoms with Crippen LogP contribution in [0.2, 0.25) is 0 Å². The lowest BCUT2D eigenvalue weighted by Gasteiger charge is -2.26. The molecule has 0 aliphatic carbocycles. The molecule has 2 aromatic rings. The van der Waals surface area contributed by atoms with Gasteiger partial charge in [0.1, 0.15) is 0 Å². The second-order valence-electron chi connectivity index (χ2n) is 4.50. The topological polar surface area (TPSA) is 30.9 Å². The van der Waals surface area contributed by atoms with E-state index < -0.39 is 0 Å². The molecule has 0 unspecified atom stereocenters. The Morgan fingerprint density at radius 1 is 1.05 bits per heavy atom. The molecule has 0 aromatic heterocycles. The third-order valence-corrected chi connectivity index (χ3v) is 3.01. The zero-order chi connectivity index (χ0) is 13.1. The minimum absolute atomic E-state index is 0.727. The smallest absolute Gasteiger partial charge is 0.217 e. The van der Waals surface area contributed by atoms with Crippen LogP contribution in [0.4, 0.5) is 5.69 Å². The molecule has 0 bridgehead atoms. The van der Waals surface area contributed by atoms with Gasteiger partial charge in [0, 0.05) is 0 Å². The molecule has 0 saturated heterocycles. The fourth-order valence-electron chi connectivity index (χ4n) is 1.97. The molecule has 3 rings (SSSR count). The molecule has 4 nitrogen and oxygen atoms in total. The summed E-state index contributed by atoms with van der Waals surface area (Å²) in [6.45, 7) is 2.80. The van der Waals surface area contributed by atoms with Crippen molar-refractivity contribution >= 4 is 12.0 Å².